The maximum atomic E-state index is 13.8. The highest BCUT2D eigenvalue weighted by molar-refractivity contribution is 9.10. The lowest BCUT2D eigenvalue weighted by atomic mass is 9.84. The lowest BCUT2D eigenvalue weighted by Gasteiger charge is -2.30. The molecule has 4 heterocycles. The summed E-state index contributed by atoms with van der Waals surface area (Å²) in [6.45, 7) is -0.496. The number of hydrogen-bond acceptors (Lipinski definition) is 7. The Kier molecular flexibility index (Phi) is 7.31. The average Bonchev–Trinajstić information content (AvgIpc) is 3.40. The third-order valence-corrected chi connectivity index (χ3v) is 10.1. The Morgan fingerprint density at radius 3 is 2.48 bits per heavy atom. The third-order valence-electron chi connectivity index (χ3n) is 6.95. The van der Waals surface area contributed by atoms with E-state index >= 15 is 0 Å². The number of rotatable bonds is 5. The van der Waals surface area contributed by atoms with Crippen molar-refractivity contribution >= 4 is 68.1 Å². The summed E-state index contributed by atoms with van der Waals surface area (Å²) in [5, 5.41) is 1.89. The molecular formula is C28H18BrF3N4O4S2. The second kappa shape index (κ2) is 10.8. The molecular weight excluding hydrogens is 657 g/mol. The predicted octanol–water partition coefficient (Wildman–Crippen LogP) is 5.52. The molecule has 4 aromatic rings. The minimum atomic E-state index is -4.59. The van der Waals surface area contributed by atoms with E-state index in [2.05, 4.69) is 26.2 Å². The topological polar surface area (TPSA) is 101 Å². The van der Waals surface area contributed by atoms with E-state index in [1.54, 1.807) is 48.8 Å². The van der Waals surface area contributed by atoms with Gasteiger partial charge in [-0.15, -0.1) is 0 Å². The molecule has 6 rings (SSSR count). The maximum Gasteiger partial charge on any atom is 0.416 e. The zero-order valence-electron chi connectivity index (χ0n) is 21.2. The van der Waals surface area contributed by atoms with E-state index in [-0.39, 0.29) is 5.69 Å². The first-order valence-corrected chi connectivity index (χ1v) is 14.9. The van der Waals surface area contributed by atoms with Gasteiger partial charge in [-0.2, -0.15) is 13.2 Å². The number of carbonyl (C=O) groups is 3. The van der Waals surface area contributed by atoms with Gasteiger partial charge in [0.2, 0.25) is 17.7 Å². The SMILES string of the molecule is O=C(Cn1c2c(sc1=O)[C@H](c1cccnc1)C1C(=O)N(c3ccc(Br)cc3)C(=O)C1S2)Nc1cccc(C(F)(F)F)c1. The van der Waals surface area contributed by atoms with Crippen LogP contribution in [0.1, 0.15) is 21.9 Å². The normalized spacial score (nSPS) is 19.9. The standard InChI is InChI=1S/C28H18BrF3N4O4S2/c29-16-6-8-18(9-7-16)36-24(38)21-20(14-3-2-10-33-12-14)23-26(41-22(21)25(36)39)35(27(40)42-23)13-19(37)34-17-5-1-4-15(11-17)28(30,31)32/h1-12,20-22H,13H2,(H,34,37)/t20-,21?,22?/m1/s1. The highest BCUT2D eigenvalue weighted by Gasteiger charge is 2.56. The Hall–Kier alpha value is -3.75. The molecule has 0 bridgehead atoms. The van der Waals surface area contributed by atoms with Gasteiger partial charge in [-0.05, 0) is 54.1 Å². The number of fused-ring (bicyclic) bond motifs is 2. The molecule has 3 atom stereocenters. The number of pyridine rings is 1. The van der Waals surface area contributed by atoms with E-state index in [1.807, 2.05) is 0 Å². The number of thiazole rings is 1. The van der Waals surface area contributed by atoms with Crippen LogP contribution in [0.5, 0.6) is 0 Å². The zero-order chi connectivity index (χ0) is 29.8. The van der Waals surface area contributed by atoms with Crippen LogP contribution in [-0.4, -0.2) is 32.5 Å². The van der Waals surface area contributed by atoms with Crippen molar-refractivity contribution in [1.29, 1.82) is 0 Å². The number of aromatic nitrogens is 2. The van der Waals surface area contributed by atoms with Gasteiger partial charge in [-0.1, -0.05) is 51.2 Å². The average molecular weight is 676 g/mol. The number of alkyl halides is 3. The molecule has 2 aromatic heterocycles. The Labute approximate surface area is 252 Å². The monoisotopic (exact) mass is 674 g/mol. The first kappa shape index (κ1) is 28.4. The van der Waals surface area contributed by atoms with Crippen LogP contribution in [0.2, 0.25) is 0 Å². The smallest absolute Gasteiger partial charge is 0.325 e. The molecule has 3 amide bonds. The van der Waals surface area contributed by atoms with Crippen LogP contribution in [0.3, 0.4) is 0 Å². The van der Waals surface area contributed by atoms with Crippen molar-refractivity contribution in [3.8, 4) is 0 Å². The fourth-order valence-electron chi connectivity index (χ4n) is 5.14. The Morgan fingerprint density at radius 2 is 1.79 bits per heavy atom. The van der Waals surface area contributed by atoms with Crippen molar-refractivity contribution in [3.63, 3.8) is 0 Å². The minimum absolute atomic E-state index is 0.0744. The van der Waals surface area contributed by atoms with Gasteiger partial charge in [-0.25, -0.2) is 4.90 Å². The first-order valence-electron chi connectivity index (χ1n) is 12.4. The van der Waals surface area contributed by atoms with Gasteiger partial charge in [0, 0.05) is 33.3 Å². The molecule has 0 radical (unpaired) electrons. The number of benzene rings is 2. The number of thioether (sulfide) groups is 1. The Balaban J connectivity index is 1.36. The molecule has 2 aromatic carbocycles. The molecule has 42 heavy (non-hydrogen) atoms. The van der Waals surface area contributed by atoms with E-state index in [4.69, 9.17) is 0 Å². The van der Waals surface area contributed by atoms with Crippen molar-refractivity contribution in [2.24, 2.45) is 5.92 Å². The van der Waals surface area contributed by atoms with Gasteiger partial charge < -0.3 is 5.32 Å². The summed E-state index contributed by atoms with van der Waals surface area (Å²) in [7, 11) is 0. The zero-order valence-corrected chi connectivity index (χ0v) is 24.4. The second-order valence-electron chi connectivity index (χ2n) is 9.57. The van der Waals surface area contributed by atoms with E-state index in [9.17, 15) is 32.3 Å². The molecule has 214 valence electrons. The van der Waals surface area contributed by atoms with E-state index in [0.717, 1.165) is 44.6 Å². The van der Waals surface area contributed by atoms with Crippen LogP contribution in [-0.2, 0) is 27.1 Å². The van der Waals surface area contributed by atoms with Crippen LogP contribution in [0.25, 0.3) is 0 Å². The fourth-order valence-corrected chi connectivity index (χ4v) is 8.17. The molecule has 1 saturated heterocycles. The summed E-state index contributed by atoms with van der Waals surface area (Å²) in [6, 6.07) is 14.4. The summed E-state index contributed by atoms with van der Waals surface area (Å²) in [5.41, 5.74) is 0.0460. The molecule has 8 nitrogen and oxygen atoms in total. The fraction of sp³-hybridized carbons (Fsp3) is 0.179. The summed E-state index contributed by atoms with van der Waals surface area (Å²) in [5.74, 6) is -3.08. The molecule has 2 aliphatic heterocycles. The van der Waals surface area contributed by atoms with E-state index < -0.39 is 58.0 Å². The summed E-state index contributed by atoms with van der Waals surface area (Å²) >= 11 is 5.26. The van der Waals surface area contributed by atoms with Crippen molar-refractivity contribution in [3.05, 3.63) is 103 Å². The number of imide groups is 1. The lowest BCUT2D eigenvalue weighted by Crippen LogP contribution is -2.33. The number of amides is 3. The number of carbonyl (C=O) groups excluding carboxylic acids is 3. The highest BCUT2D eigenvalue weighted by atomic mass is 79.9. The molecule has 2 unspecified atom stereocenters. The van der Waals surface area contributed by atoms with Crippen LogP contribution in [0.15, 0.2) is 87.4 Å². The van der Waals surface area contributed by atoms with E-state index in [1.165, 1.54) is 16.7 Å². The Morgan fingerprint density at radius 1 is 1.02 bits per heavy atom. The second-order valence-corrected chi connectivity index (χ2v) is 12.6. The minimum Gasteiger partial charge on any atom is -0.325 e. The van der Waals surface area contributed by atoms with Gasteiger partial charge in [0.1, 0.15) is 11.8 Å². The largest absolute Gasteiger partial charge is 0.416 e. The predicted molar refractivity (Wildman–Crippen MR) is 155 cm³/mol. The van der Waals surface area contributed by atoms with Crippen molar-refractivity contribution in [1.82, 2.24) is 9.55 Å². The summed E-state index contributed by atoms with van der Waals surface area (Å²) in [4.78, 5) is 59.0. The number of nitrogens with one attached hydrogen (secondary N) is 1. The molecule has 2 aliphatic rings. The van der Waals surface area contributed by atoms with Gasteiger partial charge in [-0.3, -0.25) is 28.7 Å². The number of halogens is 4. The van der Waals surface area contributed by atoms with Crippen molar-refractivity contribution in [2.75, 3.05) is 10.2 Å². The summed E-state index contributed by atoms with van der Waals surface area (Å²) < 4.78 is 41.4. The number of anilines is 2. The number of hydrogen-bond donors (Lipinski definition) is 1. The molecule has 1 N–H and O–H groups in total. The molecule has 0 spiro atoms. The third kappa shape index (κ3) is 5.07. The summed E-state index contributed by atoms with van der Waals surface area (Å²) in [6.07, 6.45) is -1.44. The van der Waals surface area contributed by atoms with Crippen molar-refractivity contribution in [2.45, 2.75) is 28.9 Å². The molecule has 14 heteroatoms. The van der Waals surface area contributed by atoms with Gasteiger partial charge in [0.15, 0.2) is 0 Å². The van der Waals surface area contributed by atoms with Crippen molar-refractivity contribution < 1.29 is 27.6 Å². The van der Waals surface area contributed by atoms with Crippen LogP contribution < -0.4 is 15.1 Å². The van der Waals surface area contributed by atoms with Crippen LogP contribution in [0.4, 0.5) is 24.5 Å². The first-order chi connectivity index (χ1) is 20.0. The van der Waals surface area contributed by atoms with E-state index in [0.29, 0.717) is 21.2 Å². The van der Waals surface area contributed by atoms with Gasteiger partial charge >= 0.3 is 11.0 Å². The van der Waals surface area contributed by atoms with Gasteiger partial charge in [0.05, 0.1) is 22.2 Å². The van der Waals surface area contributed by atoms with Crippen LogP contribution in [0, 0.1) is 5.92 Å². The maximum absolute atomic E-state index is 13.8. The highest BCUT2D eigenvalue weighted by Crippen LogP contribution is 2.53. The molecule has 0 saturated carbocycles. The Bertz CT molecular complexity index is 1780. The van der Waals surface area contributed by atoms with Crippen LogP contribution >= 0.6 is 39.0 Å². The molecule has 1 fully saturated rings. The quantitative estimate of drug-likeness (QED) is 0.280. The lowest BCUT2D eigenvalue weighted by molar-refractivity contribution is -0.137. The van der Waals surface area contributed by atoms with Gasteiger partial charge in [0.25, 0.3) is 0 Å². The molecule has 0 aliphatic carbocycles. The number of nitrogens with zero attached hydrogens (tertiary/aromatic N) is 3.